The Bertz CT molecular complexity index is 1120. The van der Waals surface area contributed by atoms with Gasteiger partial charge in [-0.3, -0.25) is 9.59 Å². The van der Waals surface area contributed by atoms with E-state index in [0.717, 1.165) is 0 Å². The molecule has 0 bridgehead atoms. The van der Waals surface area contributed by atoms with Gasteiger partial charge in [0.25, 0.3) is 11.8 Å². The summed E-state index contributed by atoms with van der Waals surface area (Å²) in [4.78, 5) is 25.8. The maximum atomic E-state index is 12.7. The minimum Gasteiger partial charge on any atom is -0.356 e. The van der Waals surface area contributed by atoms with Gasteiger partial charge in [-0.15, -0.1) is 21.1 Å². The van der Waals surface area contributed by atoms with Crippen LogP contribution in [0.25, 0.3) is 10.8 Å². The molecule has 2 aromatic rings. The van der Waals surface area contributed by atoms with Crippen LogP contribution in [0.3, 0.4) is 0 Å². The second kappa shape index (κ2) is 9.12. The van der Waals surface area contributed by atoms with Gasteiger partial charge in [0.1, 0.15) is 6.79 Å². The van der Waals surface area contributed by atoms with Gasteiger partial charge in [0.2, 0.25) is 0 Å². The zero-order chi connectivity index (χ0) is 22.8. The number of alkyl halides is 3. The number of ether oxygens (including phenoxy) is 2. The highest BCUT2D eigenvalue weighted by Gasteiger charge is 2.51. The highest BCUT2D eigenvalue weighted by atomic mass is 32.2. The van der Waals surface area contributed by atoms with E-state index in [1.807, 2.05) is 6.92 Å². The minimum absolute atomic E-state index is 0.129. The maximum absolute atomic E-state index is 12.7. The Morgan fingerprint density at radius 3 is 2.45 bits per heavy atom. The van der Waals surface area contributed by atoms with Gasteiger partial charge >= 0.3 is 15.6 Å². The molecule has 0 N–H and O–H groups in total. The van der Waals surface area contributed by atoms with Crippen LogP contribution in [-0.4, -0.2) is 56.6 Å². The molecule has 3 rings (SSSR count). The molecule has 0 saturated heterocycles. The summed E-state index contributed by atoms with van der Waals surface area (Å²) in [6.45, 7) is 2.79. The number of benzene rings is 2. The third kappa shape index (κ3) is 4.85. The smallest absolute Gasteiger partial charge is 0.356 e. The van der Waals surface area contributed by atoms with Gasteiger partial charge in [-0.05, 0) is 30.5 Å². The monoisotopic (exact) mass is 479 g/mol. The van der Waals surface area contributed by atoms with Crippen LogP contribution in [0.2, 0.25) is 0 Å². The van der Waals surface area contributed by atoms with E-state index < -0.39 is 27.4 Å². The number of rotatable bonds is 9. The van der Waals surface area contributed by atoms with Crippen LogP contribution < -0.4 is 0 Å². The van der Waals surface area contributed by atoms with Gasteiger partial charge in [0, 0.05) is 22.6 Å². The highest BCUT2D eigenvalue weighted by molar-refractivity contribution is 7.99. The molecule has 2 aromatic carbocycles. The van der Waals surface area contributed by atoms with Gasteiger partial charge in [-0.25, -0.2) is 0 Å². The van der Waals surface area contributed by atoms with Crippen LogP contribution >= 0.6 is 11.8 Å². The molecule has 0 fully saturated rings. The molecule has 2 amide bonds. The summed E-state index contributed by atoms with van der Waals surface area (Å²) in [5.74, 6) is -2.13. The van der Waals surface area contributed by atoms with Crippen LogP contribution in [0.1, 0.15) is 27.6 Å². The first-order valence-corrected chi connectivity index (χ1v) is 11.2. The van der Waals surface area contributed by atoms with Crippen LogP contribution in [0, 0.1) is 0 Å². The number of imide groups is 1. The summed E-state index contributed by atoms with van der Waals surface area (Å²) in [6.07, 6.45) is 0. The molecule has 168 valence electrons. The number of carbonyl (C=O) groups excluding carboxylic acids is 2. The van der Waals surface area contributed by atoms with E-state index in [9.17, 15) is 31.2 Å². The molecule has 13 heteroatoms. The average molecular weight is 479 g/mol. The maximum Gasteiger partial charge on any atom is 0.525 e. The first-order chi connectivity index (χ1) is 14.6. The van der Waals surface area contributed by atoms with Crippen LogP contribution in [0.5, 0.6) is 0 Å². The van der Waals surface area contributed by atoms with E-state index in [1.54, 1.807) is 12.1 Å². The third-order valence-electron chi connectivity index (χ3n) is 4.10. The van der Waals surface area contributed by atoms with E-state index in [0.29, 0.717) is 29.2 Å². The Hall–Kier alpha value is -2.19. The number of nitrogens with zero attached hydrogens (tertiary/aromatic N) is 1. The lowest BCUT2D eigenvalue weighted by Crippen LogP contribution is -2.44. The fraction of sp³-hybridized carbons (Fsp3) is 0.333. The van der Waals surface area contributed by atoms with Crippen molar-refractivity contribution in [2.45, 2.75) is 17.3 Å². The number of amides is 2. The molecular formula is C18H16F3NO7S2. The van der Waals surface area contributed by atoms with Gasteiger partial charge in [0.15, 0.2) is 0 Å². The molecule has 8 nitrogen and oxygen atoms in total. The first-order valence-electron chi connectivity index (χ1n) is 8.81. The fourth-order valence-corrected chi connectivity index (χ4v) is 4.03. The molecule has 0 atom stereocenters. The molecule has 0 radical (unpaired) electrons. The fourth-order valence-electron chi connectivity index (χ4n) is 2.77. The molecule has 0 saturated carbocycles. The number of thioether (sulfide) groups is 1. The van der Waals surface area contributed by atoms with Crippen molar-refractivity contribution in [1.82, 2.24) is 5.06 Å². The van der Waals surface area contributed by atoms with Crippen molar-refractivity contribution in [2.24, 2.45) is 0 Å². The topological polar surface area (TPSA) is 99.2 Å². The molecular weight excluding hydrogens is 463 g/mol. The second-order valence-corrected chi connectivity index (χ2v) is 8.81. The standard InChI is InChI=1S/C18H16F3NO7S2/c1-2-27-10-28-6-7-30-12-8-11-4-3-5-13-15(11)14(9-12)17(24)22(16(13)23)29-31(25,26)18(19,20)21/h3-5,8-9H,2,6-7,10H2,1H3. The van der Waals surface area contributed by atoms with Crippen molar-refractivity contribution < 1.29 is 44.9 Å². The van der Waals surface area contributed by atoms with Crippen molar-refractivity contribution in [1.29, 1.82) is 0 Å². The van der Waals surface area contributed by atoms with E-state index >= 15 is 0 Å². The summed E-state index contributed by atoms with van der Waals surface area (Å²) in [5.41, 5.74) is -6.11. The molecule has 0 aromatic heterocycles. The van der Waals surface area contributed by atoms with E-state index in [1.165, 1.54) is 30.0 Å². The molecule has 1 heterocycles. The normalized spacial score (nSPS) is 14.5. The predicted molar refractivity (Wildman–Crippen MR) is 104 cm³/mol. The number of halogens is 3. The highest BCUT2D eigenvalue weighted by Crippen LogP contribution is 2.35. The summed E-state index contributed by atoms with van der Waals surface area (Å²) >= 11 is 1.30. The number of hydrogen-bond acceptors (Lipinski definition) is 8. The molecule has 0 unspecified atom stereocenters. The van der Waals surface area contributed by atoms with Gasteiger partial charge in [-0.2, -0.15) is 21.6 Å². The van der Waals surface area contributed by atoms with Crippen molar-refractivity contribution in [3.05, 3.63) is 41.5 Å². The summed E-state index contributed by atoms with van der Waals surface area (Å²) in [7, 11) is -6.22. The summed E-state index contributed by atoms with van der Waals surface area (Å²) in [6, 6.07) is 7.43. The number of hydrogen-bond donors (Lipinski definition) is 0. The minimum atomic E-state index is -6.22. The number of hydroxylamine groups is 2. The Labute approximate surface area is 179 Å². The molecule has 1 aliphatic rings. The lowest BCUT2D eigenvalue weighted by atomic mass is 9.95. The van der Waals surface area contributed by atoms with E-state index in [2.05, 4.69) is 4.28 Å². The molecule has 1 aliphatic heterocycles. The van der Waals surface area contributed by atoms with Crippen molar-refractivity contribution in [3.63, 3.8) is 0 Å². The zero-order valence-corrected chi connectivity index (χ0v) is 17.6. The molecule has 31 heavy (non-hydrogen) atoms. The van der Waals surface area contributed by atoms with E-state index in [4.69, 9.17) is 9.47 Å². The molecule has 0 aliphatic carbocycles. The zero-order valence-electron chi connectivity index (χ0n) is 16.0. The Kier molecular flexibility index (Phi) is 6.91. The average Bonchev–Trinajstić information content (AvgIpc) is 2.70. The van der Waals surface area contributed by atoms with Gasteiger partial charge < -0.3 is 9.47 Å². The van der Waals surface area contributed by atoms with E-state index in [-0.39, 0.29) is 28.4 Å². The van der Waals surface area contributed by atoms with Gasteiger partial charge in [0.05, 0.1) is 17.7 Å². The van der Waals surface area contributed by atoms with Crippen molar-refractivity contribution in [3.8, 4) is 0 Å². The quantitative estimate of drug-likeness (QED) is 0.178. The van der Waals surface area contributed by atoms with Gasteiger partial charge in [-0.1, -0.05) is 12.1 Å². The second-order valence-electron chi connectivity index (χ2n) is 6.12. The Morgan fingerprint density at radius 1 is 1.06 bits per heavy atom. The lowest BCUT2D eigenvalue weighted by molar-refractivity contribution is -0.0761. The first kappa shape index (κ1) is 23.5. The predicted octanol–water partition coefficient (Wildman–Crippen LogP) is 3.32. The van der Waals surface area contributed by atoms with Crippen molar-refractivity contribution in [2.75, 3.05) is 25.8 Å². The van der Waals surface area contributed by atoms with Crippen molar-refractivity contribution >= 4 is 44.5 Å². The lowest BCUT2D eigenvalue weighted by Gasteiger charge is -2.26. The SMILES string of the molecule is CCOCOCCSc1cc2c3c(cccc3c1)C(=O)N(OS(=O)(=O)C(F)(F)F)C2=O. The summed E-state index contributed by atoms with van der Waals surface area (Å²) in [5, 5.41) is 0.325. The number of carbonyl (C=O) groups is 2. The Balaban J connectivity index is 1.91. The largest absolute Gasteiger partial charge is 0.525 e. The third-order valence-corrected chi connectivity index (χ3v) is 5.96. The summed E-state index contributed by atoms with van der Waals surface area (Å²) < 4.78 is 75.0. The van der Waals surface area contributed by atoms with Crippen LogP contribution in [0.4, 0.5) is 13.2 Å². The van der Waals surface area contributed by atoms with Crippen LogP contribution in [-0.2, 0) is 23.9 Å². The Morgan fingerprint density at radius 2 is 1.77 bits per heavy atom. The van der Waals surface area contributed by atoms with Crippen LogP contribution in [0.15, 0.2) is 35.2 Å². The molecule has 0 spiro atoms.